The van der Waals surface area contributed by atoms with Crippen LogP contribution in [0.3, 0.4) is 0 Å². The molecule has 104 valence electrons. The Balaban J connectivity index is 2.15. The number of nitrogens with one attached hydrogen (secondary N) is 1. The minimum absolute atomic E-state index is 0.125. The molecule has 0 aliphatic carbocycles. The van der Waals surface area contributed by atoms with Gasteiger partial charge >= 0.3 is 0 Å². The quantitative estimate of drug-likeness (QED) is 0.857. The molecule has 0 fully saturated rings. The minimum Gasteiger partial charge on any atom is -0.322 e. The smallest absolute Gasteiger partial charge is 0.258 e. The van der Waals surface area contributed by atoms with Crippen molar-refractivity contribution in [2.45, 2.75) is 24.8 Å². The molecule has 1 aromatic carbocycles. The number of amides is 1. The molecule has 0 saturated carbocycles. The van der Waals surface area contributed by atoms with Gasteiger partial charge in [0, 0.05) is 11.9 Å². The zero-order chi connectivity index (χ0) is 14.5. The monoisotopic (exact) mass is 286 g/mol. The second-order valence-corrected chi connectivity index (χ2v) is 5.59. The number of carbonyl (C=O) groups is 1. The van der Waals surface area contributed by atoms with Crippen molar-refractivity contribution in [3.05, 3.63) is 53.7 Å². The SMILES string of the molecule is CSc1ncccc1C(=O)Nc1ccc(C(C)C)cc1. The van der Waals surface area contributed by atoms with Gasteiger partial charge in [-0.2, -0.15) is 0 Å². The summed E-state index contributed by atoms with van der Waals surface area (Å²) in [5.74, 6) is 0.362. The first-order chi connectivity index (χ1) is 9.61. The van der Waals surface area contributed by atoms with E-state index in [9.17, 15) is 4.79 Å². The number of carbonyl (C=O) groups excluding carboxylic acids is 1. The molecule has 2 aromatic rings. The molecular formula is C16H18N2OS. The number of pyridine rings is 1. The predicted molar refractivity (Wildman–Crippen MR) is 84.5 cm³/mol. The maximum atomic E-state index is 12.2. The van der Waals surface area contributed by atoms with Crippen molar-refractivity contribution in [1.29, 1.82) is 0 Å². The Kier molecular flexibility index (Phi) is 4.79. The van der Waals surface area contributed by atoms with Crippen LogP contribution in [-0.2, 0) is 0 Å². The van der Waals surface area contributed by atoms with Crippen molar-refractivity contribution in [2.24, 2.45) is 0 Å². The number of benzene rings is 1. The van der Waals surface area contributed by atoms with E-state index in [1.54, 1.807) is 18.3 Å². The molecule has 0 spiro atoms. The van der Waals surface area contributed by atoms with Crippen molar-refractivity contribution in [2.75, 3.05) is 11.6 Å². The van der Waals surface area contributed by atoms with Crippen LogP contribution in [0.4, 0.5) is 5.69 Å². The molecule has 20 heavy (non-hydrogen) atoms. The molecule has 1 N–H and O–H groups in total. The molecule has 0 bridgehead atoms. The molecule has 0 aliphatic heterocycles. The standard InChI is InChI=1S/C16H18N2OS/c1-11(2)12-6-8-13(9-7-12)18-15(19)14-5-4-10-17-16(14)20-3/h4-11H,1-3H3,(H,18,19). The molecule has 4 heteroatoms. The average molecular weight is 286 g/mol. The first-order valence-corrected chi connectivity index (χ1v) is 7.74. The van der Waals surface area contributed by atoms with E-state index in [1.165, 1.54) is 17.3 Å². The lowest BCUT2D eigenvalue weighted by Gasteiger charge is -2.09. The van der Waals surface area contributed by atoms with E-state index >= 15 is 0 Å². The van der Waals surface area contributed by atoms with Crippen LogP contribution in [0, 0.1) is 0 Å². The molecule has 1 heterocycles. The molecule has 0 radical (unpaired) electrons. The van der Waals surface area contributed by atoms with E-state index < -0.39 is 0 Å². The molecule has 0 unspecified atom stereocenters. The summed E-state index contributed by atoms with van der Waals surface area (Å²) in [4.78, 5) is 16.4. The summed E-state index contributed by atoms with van der Waals surface area (Å²) < 4.78 is 0. The van der Waals surface area contributed by atoms with Gasteiger partial charge in [0.1, 0.15) is 5.03 Å². The fourth-order valence-electron chi connectivity index (χ4n) is 1.88. The van der Waals surface area contributed by atoms with E-state index in [4.69, 9.17) is 0 Å². The highest BCUT2D eigenvalue weighted by Gasteiger charge is 2.11. The highest BCUT2D eigenvalue weighted by atomic mass is 32.2. The molecule has 1 aromatic heterocycles. The molecule has 1 amide bonds. The van der Waals surface area contributed by atoms with E-state index in [0.29, 0.717) is 11.5 Å². The van der Waals surface area contributed by atoms with Crippen LogP contribution in [0.15, 0.2) is 47.6 Å². The van der Waals surface area contributed by atoms with Crippen LogP contribution >= 0.6 is 11.8 Å². The summed E-state index contributed by atoms with van der Waals surface area (Å²) in [7, 11) is 0. The fourth-order valence-corrected chi connectivity index (χ4v) is 2.42. The van der Waals surface area contributed by atoms with Crippen molar-refractivity contribution in [3.63, 3.8) is 0 Å². The van der Waals surface area contributed by atoms with Crippen molar-refractivity contribution < 1.29 is 4.79 Å². The highest BCUT2D eigenvalue weighted by molar-refractivity contribution is 7.98. The first-order valence-electron chi connectivity index (χ1n) is 6.52. The Hall–Kier alpha value is -1.81. The van der Waals surface area contributed by atoms with Crippen LogP contribution in [-0.4, -0.2) is 17.1 Å². The van der Waals surface area contributed by atoms with Gasteiger partial charge in [0.2, 0.25) is 0 Å². The van der Waals surface area contributed by atoms with Gasteiger partial charge in [-0.25, -0.2) is 4.98 Å². The largest absolute Gasteiger partial charge is 0.322 e. The Labute approximate surface area is 123 Å². The first kappa shape index (κ1) is 14.6. The van der Waals surface area contributed by atoms with Crippen LogP contribution in [0.5, 0.6) is 0 Å². The predicted octanol–water partition coefficient (Wildman–Crippen LogP) is 4.18. The third kappa shape index (κ3) is 3.39. The van der Waals surface area contributed by atoms with Gasteiger partial charge in [-0.05, 0) is 42.0 Å². The third-order valence-corrected chi connectivity index (χ3v) is 3.76. The molecule has 0 aliphatic rings. The Bertz CT molecular complexity index is 594. The Morgan fingerprint density at radius 3 is 2.50 bits per heavy atom. The molecular weight excluding hydrogens is 268 g/mol. The summed E-state index contributed by atoms with van der Waals surface area (Å²) in [5, 5.41) is 3.65. The van der Waals surface area contributed by atoms with Crippen LogP contribution in [0.1, 0.15) is 35.7 Å². The minimum atomic E-state index is -0.125. The van der Waals surface area contributed by atoms with E-state index in [2.05, 4.69) is 24.1 Å². The highest BCUT2D eigenvalue weighted by Crippen LogP contribution is 2.20. The normalized spacial score (nSPS) is 10.6. The maximum Gasteiger partial charge on any atom is 0.258 e. The number of aromatic nitrogens is 1. The van der Waals surface area contributed by atoms with Crippen molar-refractivity contribution in [1.82, 2.24) is 4.98 Å². The van der Waals surface area contributed by atoms with Gasteiger partial charge in [0.05, 0.1) is 5.56 Å². The lowest BCUT2D eigenvalue weighted by molar-refractivity contribution is 0.102. The number of rotatable bonds is 4. The average Bonchev–Trinajstić information content (AvgIpc) is 2.47. The number of hydrogen-bond acceptors (Lipinski definition) is 3. The summed E-state index contributed by atoms with van der Waals surface area (Å²) in [5.41, 5.74) is 2.66. The van der Waals surface area contributed by atoms with Gasteiger partial charge in [0.15, 0.2) is 0 Å². The van der Waals surface area contributed by atoms with Crippen molar-refractivity contribution in [3.8, 4) is 0 Å². The van der Waals surface area contributed by atoms with Gasteiger partial charge in [-0.3, -0.25) is 4.79 Å². The Morgan fingerprint density at radius 2 is 1.90 bits per heavy atom. The molecule has 2 rings (SSSR count). The molecule has 0 atom stereocenters. The van der Waals surface area contributed by atoms with Gasteiger partial charge in [-0.1, -0.05) is 26.0 Å². The number of thioether (sulfide) groups is 1. The Morgan fingerprint density at radius 1 is 1.20 bits per heavy atom. The van der Waals surface area contributed by atoms with Crippen LogP contribution in [0.2, 0.25) is 0 Å². The second-order valence-electron chi connectivity index (χ2n) is 4.79. The van der Waals surface area contributed by atoms with Crippen molar-refractivity contribution >= 4 is 23.4 Å². The van der Waals surface area contributed by atoms with Gasteiger partial charge in [-0.15, -0.1) is 11.8 Å². The zero-order valence-electron chi connectivity index (χ0n) is 11.9. The number of hydrogen-bond donors (Lipinski definition) is 1. The summed E-state index contributed by atoms with van der Waals surface area (Å²) in [6.45, 7) is 4.29. The topological polar surface area (TPSA) is 42.0 Å². The van der Waals surface area contributed by atoms with Gasteiger partial charge < -0.3 is 5.32 Å². The van der Waals surface area contributed by atoms with Crippen LogP contribution < -0.4 is 5.32 Å². The van der Waals surface area contributed by atoms with E-state index in [1.807, 2.05) is 30.5 Å². The maximum absolute atomic E-state index is 12.2. The summed E-state index contributed by atoms with van der Waals surface area (Å²) in [6, 6.07) is 11.5. The lowest BCUT2D eigenvalue weighted by Crippen LogP contribution is -2.13. The second kappa shape index (κ2) is 6.57. The third-order valence-electron chi connectivity index (χ3n) is 3.04. The van der Waals surface area contributed by atoms with E-state index in [0.717, 1.165) is 10.7 Å². The van der Waals surface area contributed by atoms with Crippen LogP contribution in [0.25, 0.3) is 0 Å². The van der Waals surface area contributed by atoms with Gasteiger partial charge in [0.25, 0.3) is 5.91 Å². The number of nitrogens with zero attached hydrogens (tertiary/aromatic N) is 1. The molecule has 3 nitrogen and oxygen atoms in total. The zero-order valence-corrected chi connectivity index (χ0v) is 12.7. The number of anilines is 1. The summed E-state index contributed by atoms with van der Waals surface area (Å²) in [6.07, 6.45) is 3.61. The summed E-state index contributed by atoms with van der Waals surface area (Å²) >= 11 is 1.47. The van der Waals surface area contributed by atoms with E-state index in [-0.39, 0.29) is 5.91 Å². The fraction of sp³-hybridized carbons (Fsp3) is 0.250. The molecule has 0 saturated heterocycles. The lowest BCUT2D eigenvalue weighted by atomic mass is 10.0.